The lowest BCUT2D eigenvalue weighted by atomic mass is 10.0. The van der Waals surface area contributed by atoms with E-state index in [0.717, 1.165) is 23.1 Å². The highest BCUT2D eigenvalue weighted by Gasteiger charge is 2.17. The molecular formula is C15H24N2O2. The zero-order chi connectivity index (χ0) is 14.3. The number of amides is 1. The summed E-state index contributed by atoms with van der Waals surface area (Å²) >= 11 is 0. The standard InChI is InChI=1S/C15H24N2O2/c1-12-5-6-13(2)14(11-12)15(18)17(8-4-7-16)9-10-19-3/h5-6,11H,4,7-10,16H2,1-3H3. The summed E-state index contributed by atoms with van der Waals surface area (Å²) in [6.07, 6.45) is 0.806. The highest BCUT2D eigenvalue weighted by molar-refractivity contribution is 5.95. The second-order valence-electron chi connectivity index (χ2n) is 4.75. The lowest BCUT2D eigenvalue weighted by Crippen LogP contribution is -2.36. The fourth-order valence-corrected chi connectivity index (χ4v) is 1.94. The Hall–Kier alpha value is -1.39. The van der Waals surface area contributed by atoms with E-state index in [1.165, 1.54) is 0 Å². The van der Waals surface area contributed by atoms with Crippen molar-refractivity contribution in [1.82, 2.24) is 4.90 Å². The first kappa shape index (κ1) is 15.7. The van der Waals surface area contributed by atoms with Crippen LogP contribution in [0.3, 0.4) is 0 Å². The van der Waals surface area contributed by atoms with Crippen LogP contribution in [0.5, 0.6) is 0 Å². The van der Waals surface area contributed by atoms with E-state index >= 15 is 0 Å². The van der Waals surface area contributed by atoms with E-state index in [9.17, 15) is 4.79 Å². The summed E-state index contributed by atoms with van der Waals surface area (Å²) in [5.74, 6) is 0.0618. The Balaban J connectivity index is 2.87. The van der Waals surface area contributed by atoms with Crippen molar-refractivity contribution in [2.75, 3.05) is 33.4 Å². The van der Waals surface area contributed by atoms with E-state index in [1.54, 1.807) is 7.11 Å². The first-order valence-electron chi connectivity index (χ1n) is 6.65. The van der Waals surface area contributed by atoms with Crippen molar-refractivity contribution < 1.29 is 9.53 Å². The molecule has 0 unspecified atom stereocenters. The van der Waals surface area contributed by atoms with E-state index in [2.05, 4.69) is 0 Å². The number of hydrogen-bond donors (Lipinski definition) is 1. The van der Waals surface area contributed by atoms with E-state index in [-0.39, 0.29) is 5.91 Å². The average molecular weight is 264 g/mol. The minimum Gasteiger partial charge on any atom is -0.383 e. The Morgan fingerprint density at radius 1 is 1.32 bits per heavy atom. The molecule has 0 aliphatic rings. The molecule has 19 heavy (non-hydrogen) atoms. The number of methoxy groups -OCH3 is 1. The van der Waals surface area contributed by atoms with Crippen LogP contribution < -0.4 is 5.73 Å². The van der Waals surface area contributed by atoms with Gasteiger partial charge in [0.1, 0.15) is 0 Å². The maximum absolute atomic E-state index is 12.6. The highest BCUT2D eigenvalue weighted by Crippen LogP contribution is 2.13. The van der Waals surface area contributed by atoms with Crippen LogP contribution in [0.25, 0.3) is 0 Å². The second kappa shape index (κ2) is 7.92. The molecule has 0 aromatic heterocycles. The van der Waals surface area contributed by atoms with Crippen molar-refractivity contribution in [2.45, 2.75) is 20.3 Å². The molecule has 0 aliphatic carbocycles. The van der Waals surface area contributed by atoms with E-state index in [0.29, 0.717) is 26.2 Å². The Labute approximate surface area is 115 Å². The predicted octanol–water partition coefficient (Wildman–Crippen LogP) is 1.74. The summed E-state index contributed by atoms with van der Waals surface area (Å²) in [6.45, 7) is 6.36. The molecule has 0 fully saturated rings. The van der Waals surface area contributed by atoms with Crippen molar-refractivity contribution >= 4 is 5.91 Å². The fourth-order valence-electron chi connectivity index (χ4n) is 1.94. The molecule has 4 nitrogen and oxygen atoms in total. The van der Waals surface area contributed by atoms with Crippen molar-refractivity contribution in [2.24, 2.45) is 5.73 Å². The molecule has 2 N–H and O–H groups in total. The van der Waals surface area contributed by atoms with Gasteiger partial charge in [-0.25, -0.2) is 0 Å². The molecule has 1 rings (SSSR count). The summed E-state index contributed by atoms with van der Waals surface area (Å²) in [5.41, 5.74) is 8.40. The van der Waals surface area contributed by atoms with Gasteiger partial charge in [-0.1, -0.05) is 17.7 Å². The Bertz CT molecular complexity index is 411. The van der Waals surface area contributed by atoms with E-state index in [4.69, 9.17) is 10.5 Å². The molecule has 1 aromatic rings. The zero-order valence-corrected chi connectivity index (χ0v) is 12.1. The van der Waals surface area contributed by atoms with Crippen LogP contribution in [0.4, 0.5) is 0 Å². The van der Waals surface area contributed by atoms with Gasteiger partial charge in [0.25, 0.3) is 5.91 Å². The van der Waals surface area contributed by atoms with Gasteiger partial charge < -0.3 is 15.4 Å². The minimum atomic E-state index is 0.0618. The van der Waals surface area contributed by atoms with Crippen molar-refractivity contribution in [3.63, 3.8) is 0 Å². The number of nitrogens with two attached hydrogens (primary N) is 1. The number of ether oxygens (including phenoxy) is 1. The molecule has 0 saturated heterocycles. The third-order valence-corrected chi connectivity index (χ3v) is 3.11. The Kier molecular flexibility index (Phi) is 6.53. The normalized spacial score (nSPS) is 10.5. The van der Waals surface area contributed by atoms with E-state index < -0.39 is 0 Å². The Morgan fingerprint density at radius 2 is 2.05 bits per heavy atom. The molecule has 0 saturated carbocycles. The summed E-state index contributed by atoms with van der Waals surface area (Å²) in [4.78, 5) is 14.4. The molecule has 0 aliphatic heterocycles. The van der Waals surface area contributed by atoms with Crippen LogP contribution in [0, 0.1) is 13.8 Å². The SMILES string of the molecule is COCCN(CCCN)C(=O)c1cc(C)ccc1C. The quantitative estimate of drug-likeness (QED) is 0.816. The summed E-state index contributed by atoms with van der Waals surface area (Å²) in [5, 5.41) is 0. The molecule has 1 aromatic carbocycles. The first-order valence-corrected chi connectivity index (χ1v) is 6.65. The Morgan fingerprint density at radius 3 is 2.68 bits per heavy atom. The van der Waals surface area contributed by atoms with Crippen LogP contribution in [0.15, 0.2) is 18.2 Å². The maximum atomic E-state index is 12.6. The molecule has 4 heteroatoms. The number of nitrogens with zero attached hydrogens (tertiary/aromatic N) is 1. The van der Waals surface area contributed by atoms with Crippen LogP contribution in [-0.2, 0) is 4.74 Å². The lowest BCUT2D eigenvalue weighted by molar-refractivity contribution is 0.0694. The average Bonchev–Trinajstić information content (AvgIpc) is 2.41. The van der Waals surface area contributed by atoms with Crippen molar-refractivity contribution in [1.29, 1.82) is 0 Å². The monoisotopic (exact) mass is 264 g/mol. The van der Waals surface area contributed by atoms with Gasteiger partial charge in [-0.3, -0.25) is 4.79 Å². The fraction of sp³-hybridized carbons (Fsp3) is 0.533. The molecule has 0 bridgehead atoms. The first-order chi connectivity index (χ1) is 9.10. The molecule has 1 amide bonds. The van der Waals surface area contributed by atoms with Gasteiger partial charge in [0.2, 0.25) is 0 Å². The van der Waals surface area contributed by atoms with Gasteiger partial charge in [0, 0.05) is 25.8 Å². The van der Waals surface area contributed by atoms with Gasteiger partial charge in [-0.15, -0.1) is 0 Å². The molecule has 106 valence electrons. The minimum absolute atomic E-state index is 0.0618. The molecule has 0 spiro atoms. The lowest BCUT2D eigenvalue weighted by Gasteiger charge is -2.23. The zero-order valence-electron chi connectivity index (χ0n) is 12.1. The smallest absolute Gasteiger partial charge is 0.254 e. The van der Waals surface area contributed by atoms with Gasteiger partial charge in [-0.05, 0) is 38.4 Å². The number of aryl methyl sites for hydroxylation is 2. The molecular weight excluding hydrogens is 240 g/mol. The third kappa shape index (κ3) is 4.65. The number of rotatable bonds is 7. The largest absolute Gasteiger partial charge is 0.383 e. The second-order valence-corrected chi connectivity index (χ2v) is 4.75. The maximum Gasteiger partial charge on any atom is 0.254 e. The molecule has 0 radical (unpaired) electrons. The third-order valence-electron chi connectivity index (χ3n) is 3.11. The van der Waals surface area contributed by atoms with Crippen LogP contribution >= 0.6 is 0 Å². The predicted molar refractivity (Wildman–Crippen MR) is 77.4 cm³/mol. The van der Waals surface area contributed by atoms with Gasteiger partial charge in [-0.2, -0.15) is 0 Å². The van der Waals surface area contributed by atoms with Gasteiger partial charge in [0.05, 0.1) is 6.61 Å². The van der Waals surface area contributed by atoms with Crippen molar-refractivity contribution in [3.8, 4) is 0 Å². The van der Waals surface area contributed by atoms with Gasteiger partial charge >= 0.3 is 0 Å². The number of carbonyl (C=O) groups excluding carboxylic acids is 1. The topological polar surface area (TPSA) is 55.6 Å². The summed E-state index contributed by atoms with van der Waals surface area (Å²) in [6, 6.07) is 5.95. The number of hydrogen-bond acceptors (Lipinski definition) is 3. The number of benzene rings is 1. The van der Waals surface area contributed by atoms with Crippen LogP contribution in [0.1, 0.15) is 27.9 Å². The van der Waals surface area contributed by atoms with Crippen molar-refractivity contribution in [3.05, 3.63) is 34.9 Å². The van der Waals surface area contributed by atoms with Crippen LogP contribution in [0.2, 0.25) is 0 Å². The molecule has 0 atom stereocenters. The summed E-state index contributed by atoms with van der Waals surface area (Å²) in [7, 11) is 1.64. The number of carbonyl (C=O) groups is 1. The van der Waals surface area contributed by atoms with Crippen LogP contribution in [-0.4, -0.2) is 44.2 Å². The molecule has 0 heterocycles. The highest BCUT2D eigenvalue weighted by atomic mass is 16.5. The van der Waals surface area contributed by atoms with E-state index in [1.807, 2.05) is 36.9 Å². The van der Waals surface area contributed by atoms with Gasteiger partial charge in [0.15, 0.2) is 0 Å². The summed E-state index contributed by atoms with van der Waals surface area (Å²) < 4.78 is 5.07.